The first-order valence-electron chi connectivity index (χ1n) is 4.46. The largest absolute Gasteiger partial charge is 0.447 e. The van der Waals surface area contributed by atoms with Gasteiger partial charge >= 0.3 is 6.09 Å². The quantitative estimate of drug-likeness (QED) is 0.701. The highest BCUT2D eigenvalue weighted by molar-refractivity contribution is 7.99. The van der Waals surface area contributed by atoms with Crippen LogP contribution in [0.25, 0.3) is 0 Å². The van der Waals surface area contributed by atoms with Crippen LogP contribution in [-0.4, -0.2) is 52.9 Å². The van der Waals surface area contributed by atoms with E-state index in [1.807, 2.05) is 11.8 Å². The molecule has 0 bridgehead atoms. The maximum absolute atomic E-state index is 11.3. The van der Waals surface area contributed by atoms with Crippen LogP contribution in [-0.2, 0) is 4.74 Å². The number of hydrogen-bond donors (Lipinski definition) is 1. The summed E-state index contributed by atoms with van der Waals surface area (Å²) >= 11 is 1.85. The zero-order chi connectivity index (χ0) is 9.26. The predicted octanol–water partition coefficient (Wildman–Crippen LogP) is 0.305. The third-order valence-electron chi connectivity index (χ3n) is 2.51. The maximum Gasteiger partial charge on any atom is 0.410 e. The van der Waals surface area contributed by atoms with Gasteiger partial charge < -0.3 is 9.84 Å². The van der Waals surface area contributed by atoms with Gasteiger partial charge in [-0.15, -0.1) is 0 Å². The average Bonchev–Trinajstić information content (AvgIpc) is 2.72. The summed E-state index contributed by atoms with van der Waals surface area (Å²) in [5.41, 5.74) is 0. The number of cyclic esters (lactones) is 1. The number of nitrogens with zero attached hydrogens (tertiary/aromatic N) is 1. The van der Waals surface area contributed by atoms with Gasteiger partial charge in [0.05, 0.1) is 12.6 Å². The molecule has 4 nitrogen and oxygen atoms in total. The first-order chi connectivity index (χ1) is 6.33. The van der Waals surface area contributed by atoms with Crippen LogP contribution in [0.5, 0.6) is 0 Å². The minimum Gasteiger partial charge on any atom is -0.447 e. The minimum atomic E-state index is -0.258. The van der Waals surface area contributed by atoms with Crippen molar-refractivity contribution in [1.82, 2.24) is 4.90 Å². The van der Waals surface area contributed by atoms with Crippen molar-refractivity contribution < 1.29 is 14.6 Å². The van der Waals surface area contributed by atoms with E-state index in [2.05, 4.69) is 0 Å². The highest BCUT2D eigenvalue weighted by atomic mass is 32.2. The van der Waals surface area contributed by atoms with Gasteiger partial charge in [0.1, 0.15) is 6.61 Å². The Morgan fingerprint density at radius 2 is 2.54 bits per heavy atom. The van der Waals surface area contributed by atoms with Crippen molar-refractivity contribution >= 4 is 17.9 Å². The van der Waals surface area contributed by atoms with Gasteiger partial charge in [0, 0.05) is 11.8 Å². The molecule has 2 heterocycles. The molecule has 13 heavy (non-hydrogen) atoms. The molecule has 2 aliphatic heterocycles. The normalized spacial score (nSPS) is 33.9. The molecule has 0 aromatic carbocycles. The van der Waals surface area contributed by atoms with Gasteiger partial charge in [0.15, 0.2) is 0 Å². The van der Waals surface area contributed by atoms with Crippen LogP contribution in [0.15, 0.2) is 0 Å². The smallest absolute Gasteiger partial charge is 0.410 e. The standard InChI is InChI=1S/C8H13NO3S/c10-3-7-4-12-8(11)9(7)6-1-2-13-5-6/h6-7,10H,1-5H2. The molecule has 0 aliphatic carbocycles. The second-order valence-corrected chi connectivity index (χ2v) is 4.49. The van der Waals surface area contributed by atoms with Crippen molar-refractivity contribution in [3.8, 4) is 0 Å². The summed E-state index contributed by atoms with van der Waals surface area (Å²) in [5, 5.41) is 9.03. The molecule has 2 unspecified atom stereocenters. The number of aliphatic hydroxyl groups excluding tert-OH is 1. The number of carbonyl (C=O) groups is 1. The number of amides is 1. The molecule has 2 aliphatic rings. The third kappa shape index (κ3) is 1.62. The van der Waals surface area contributed by atoms with Crippen LogP contribution in [0.1, 0.15) is 6.42 Å². The first-order valence-corrected chi connectivity index (χ1v) is 5.62. The Balaban J connectivity index is 2.04. The molecule has 1 amide bonds. The molecule has 0 saturated carbocycles. The van der Waals surface area contributed by atoms with Crippen molar-refractivity contribution in [1.29, 1.82) is 0 Å². The van der Waals surface area contributed by atoms with Gasteiger partial charge in [-0.25, -0.2) is 4.79 Å². The minimum absolute atomic E-state index is 0.00685. The molecule has 0 spiro atoms. The highest BCUT2D eigenvalue weighted by Crippen LogP contribution is 2.27. The van der Waals surface area contributed by atoms with Crippen LogP contribution < -0.4 is 0 Å². The van der Waals surface area contributed by atoms with Gasteiger partial charge in [-0.2, -0.15) is 11.8 Å². The molecular weight excluding hydrogens is 190 g/mol. The summed E-state index contributed by atoms with van der Waals surface area (Å²) in [6, 6.07) is 0.161. The fraction of sp³-hybridized carbons (Fsp3) is 0.875. The Morgan fingerprint density at radius 1 is 1.69 bits per heavy atom. The van der Waals surface area contributed by atoms with Crippen molar-refractivity contribution in [2.75, 3.05) is 24.7 Å². The van der Waals surface area contributed by atoms with Crippen molar-refractivity contribution in [3.63, 3.8) is 0 Å². The molecule has 0 radical (unpaired) electrons. The van der Waals surface area contributed by atoms with E-state index >= 15 is 0 Å². The van der Waals surface area contributed by atoms with Gasteiger partial charge in [0.2, 0.25) is 0 Å². The molecule has 1 N–H and O–H groups in total. The molecule has 0 aromatic heterocycles. The number of thioether (sulfide) groups is 1. The van der Waals surface area contributed by atoms with E-state index < -0.39 is 0 Å². The summed E-state index contributed by atoms with van der Waals surface area (Å²) in [6.07, 6.45) is 0.766. The molecule has 0 aromatic rings. The van der Waals surface area contributed by atoms with E-state index in [4.69, 9.17) is 9.84 Å². The lowest BCUT2D eigenvalue weighted by molar-refractivity contribution is 0.136. The van der Waals surface area contributed by atoms with Gasteiger partial charge in [-0.3, -0.25) is 4.90 Å². The Labute approximate surface area is 81.2 Å². The van der Waals surface area contributed by atoms with Gasteiger partial charge in [-0.1, -0.05) is 0 Å². The van der Waals surface area contributed by atoms with Gasteiger partial charge in [0.25, 0.3) is 0 Å². The molecule has 74 valence electrons. The van der Waals surface area contributed by atoms with Crippen LogP contribution in [0, 0.1) is 0 Å². The lowest BCUT2D eigenvalue weighted by atomic mass is 10.2. The molecule has 2 atom stereocenters. The summed E-state index contributed by atoms with van der Waals surface area (Å²) in [6.45, 7) is 0.351. The number of hydrogen-bond acceptors (Lipinski definition) is 4. The maximum atomic E-state index is 11.3. The average molecular weight is 203 g/mol. The topological polar surface area (TPSA) is 49.8 Å². The second-order valence-electron chi connectivity index (χ2n) is 3.34. The summed E-state index contributed by atoms with van der Waals surface area (Å²) < 4.78 is 4.90. The fourth-order valence-electron chi connectivity index (χ4n) is 1.80. The Hall–Kier alpha value is -0.420. The Bertz CT molecular complexity index is 206. The highest BCUT2D eigenvalue weighted by Gasteiger charge is 2.38. The molecule has 2 saturated heterocycles. The van der Waals surface area contributed by atoms with Crippen LogP contribution in [0.2, 0.25) is 0 Å². The van der Waals surface area contributed by atoms with Crippen molar-refractivity contribution in [2.24, 2.45) is 0 Å². The Morgan fingerprint density at radius 3 is 3.15 bits per heavy atom. The summed E-state index contributed by atoms with van der Waals surface area (Å²) in [4.78, 5) is 13.0. The Kier molecular flexibility index (Phi) is 2.64. The first kappa shape index (κ1) is 9.15. The lowest BCUT2D eigenvalue weighted by Gasteiger charge is -2.25. The number of carbonyl (C=O) groups excluding carboxylic acids is 1. The molecule has 5 heteroatoms. The fourth-order valence-corrected chi connectivity index (χ4v) is 3.01. The SMILES string of the molecule is O=C1OCC(CO)N1C1CCSC1. The molecule has 2 rings (SSSR count). The predicted molar refractivity (Wildman–Crippen MR) is 49.8 cm³/mol. The number of rotatable bonds is 2. The molecule has 2 fully saturated rings. The van der Waals surface area contributed by atoms with Crippen molar-refractivity contribution in [2.45, 2.75) is 18.5 Å². The third-order valence-corrected chi connectivity index (χ3v) is 3.66. The molecular formula is C8H13NO3S. The van der Waals surface area contributed by atoms with Gasteiger partial charge in [-0.05, 0) is 12.2 Å². The summed E-state index contributed by atoms with van der Waals surface area (Å²) in [5.74, 6) is 2.08. The van der Waals surface area contributed by atoms with E-state index in [1.54, 1.807) is 4.90 Å². The van der Waals surface area contributed by atoms with E-state index in [0.717, 1.165) is 17.9 Å². The van der Waals surface area contributed by atoms with E-state index in [9.17, 15) is 4.79 Å². The second kappa shape index (κ2) is 3.75. The lowest BCUT2D eigenvalue weighted by Crippen LogP contribution is -2.43. The van der Waals surface area contributed by atoms with Crippen LogP contribution in [0.4, 0.5) is 4.79 Å². The van der Waals surface area contributed by atoms with E-state index in [-0.39, 0.29) is 24.8 Å². The van der Waals surface area contributed by atoms with Crippen molar-refractivity contribution in [3.05, 3.63) is 0 Å². The zero-order valence-electron chi connectivity index (χ0n) is 7.31. The van der Waals surface area contributed by atoms with Crippen LogP contribution >= 0.6 is 11.8 Å². The monoisotopic (exact) mass is 203 g/mol. The number of ether oxygens (including phenoxy) is 1. The number of aliphatic hydroxyl groups is 1. The van der Waals surface area contributed by atoms with E-state index in [1.165, 1.54) is 0 Å². The van der Waals surface area contributed by atoms with Crippen LogP contribution in [0.3, 0.4) is 0 Å². The van der Waals surface area contributed by atoms with E-state index in [0.29, 0.717) is 6.61 Å². The summed E-state index contributed by atoms with van der Waals surface area (Å²) in [7, 11) is 0. The zero-order valence-corrected chi connectivity index (χ0v) is 8.13.